The molecule has 0 aliphatic carbocycles. The van der Waals surface area contributed by atoms with E-state index in [2.05, 4.69) is 16.0 Å². The van der Waals surface area contributed by atoms with Gasteiger partial charge in [0.1, 0.15) is 6.04 Å². The van der Waals surface area contributed by atoms with Gasteiger partial charge in [-0.2, -0.15) is 0 Å². The molecule has 4 rings (SSSR count). The number of anilines is 1. The van der Waals surface area contributed by atoms with E-state index in [1.165, 1.54) is 16.7 Å². The fourth-order valence-corrected chi connectivity index (χ4v) is 6.52. The van der Waals surface area contributed by atoms with Crippen LogP contribution in [0.1, 0.15) is 30.5 Å². The number of amides is 4. The molecule has 1 aliphatic heterocycles. The predicted molar refractivity (Wildman–Crippen MR) is 169 cm³/mol. The van der Waals surface area contributed by atoms with Crippen molar-refractivity contribution in [2.75, 3.05) is 11.2 Å². The van der Waals surface area contributed by atoms with Gasteiger partial charge in [-0.1, -0.05) is 83.9 Å². The first-order valence-corrected chi connectivity index (χ1v) is 15.2. The molecule has 0 saturated carbocycles. The molecule has 4 N–H and O–H groups in total. The van der Waals surface area contributed by atoms with Crippen LogP contribution in [-0.2, 0) is 22.6 Å². The normalized spacial score (nSPS) is 17.3. The standard InChI is InChI=1S/C31H34Cl2N4O4S/c1-19-10-7-8-13-21(19)17-34-28(39)27-31(2,3)42-18-37(27)29(40)26(38)24(16-20-11-5-4-6-12-20)35-30(41)36-25-22(32)14-9-15-23(25)33/h4-15,24,26-27,38H,16-18H2,1-3H3,(H,34,39)(H2,35,36,41)/t24-,26-,27+/m0/s1. The van der Waals surface area contributed by atoms with Crippen molar-refractivity contribution in [1.29, 1.82) is 0 Å². The average molecular weight is 630 g/mol. The number of para-hydroxylation sites is 1. The number of aliphatic hydroxyl groups is 1. The maximum atomic E-state index is 13.8. The van der Waals surface area contributed by atoms with Gasteiger partial charge in [0, 0.05) is 11.3 Å². The predicted octanol–water partition coefficient (Wildman–Crippen LogP) is 5.39. The van der Waals surface area contributed by atoms with E-state index in [9.17, 15) is 19.5 Å². The van der Waals surface area contributed by atoms with Crippen molar-refractivity contribution < 1.29 is 19.5 Å². The largest absolute Gasteiger partial charge is 0.381 e. The number of aliphatic hydroxyl groups excluding tert-OH is 1. The summed E-state index contributed by atoms with van der Waals surface area (Å²) in [6, 6.07) is 19.2. The molecular formula is C31H34Cl2N4O4S. The average Bonchev–Trinajstić information content (AvgIpc) is 3.28. The van der Waals surface area contributed by atoms with E-state index in [4.69, 9.17) is 23.2 Å². The smallest absolute Gasteiger partial charge is 0.319 e. The number of hydrogen-bond acceptors (Lipinski definition) is 5. The molecule has 0 radical (unpaired) electrons. The van der Waals surface area contributed by atoms with Crippen LogP contribution in [0.5, 0.6) is 0 Å². The minimum absolute atomic E-state index is 0.159. The minimum atomic E-state index is -1.64. The zero-order chi connectivity index (χ0) is 30.4. The van der Waals surface area contributed by atoms with E-state index in [-0.39, 0.29) is 33.9 Å². The number of urea groups is 1. The summed E-state index contributed by atoms with van der Waals surface area (Å²) >= 11 is 13.9. The molecule has 8 nitrogen and oxygen atoms in total. The van der Waals surface area contributed by atoms with E-state index in [1.54, 1.807) is 18.2 Å². The Morgan fingerprint density at radius 3 is 2.31 bits per heavy atom. The van der Waals surface area contributed by atoms with Crippen molar-refractivity contribution in [1.82, 2.24) is 15.5 Å². The van der Waals surface area contributed by atoms with Crippen LogP contribution in [0.15, 0.2) is 72.8 Å². The first-order chi connectivity index (χ1) is 20.0. The van der Waals surface area contributed by atoms with Crippen molar-refractivity contribution in [2.24, 2.45) is 0 Å². The first-order valence-electron chi connectivity index (χ1n) is 13.5. The van der Waals surface area contributed by atoms with E-state index in [1.807, 2.05) is 75.4 Å². The number of aryl methyl sites for hydroxylation is 1. The molecule has 1 fully saturated rings. The van der Waals surface area contributed by atoms with Crippen molar-refractivity contribution in [3.63, 3.8) is 0 Å². The van der Waals surface area contributed by atoms with Gasteiger partial charge in [-0.25, -0.2) is 4.79 Å². The number of halogens is 2. The number of benzene rings is 3. The number of carbonyl (C=O) groups is 3. The Morgan fingerprint density at radius 1 is 1.00 bits per heavy atom. The number of thioether (sulfide) groups is 1. The number of nitrogens with one attached hydrogen (secondary N) is 3. The topological polar surface area (TPSA) is 111 Å². The van der Waals surface area contributed by atoms with Crippen molar-refractivity contribution in [2.45, 2.75) is 56.7 Å². The van der Waals surface area contributed by atoms with Crippen molar-refractivity contribution in [3.8, 4) is 0 Å². The van der Waals surface area contributed by atoms with E-state index < -0.39 is 34.9 Å². The summed E-state index contributed by atoms with van der Waals surface area (Å²) in [6.07, 6.45) is -1.48. The van der Waals surface area contributed by atoms with Crippen LogP contribution < -0.4 is 16.0 Å². The lowest BCUT2D eigenvalue weighted by Gasteiger charge is -2.33. The third kappa shape index (κ3) is 7.58. The van der Waals surface area contributed by atoms with Crippen LogP contribution in [0.2, 0.25) is 10.0 Å². The molecule has 222 valence electrons. The molecule has 0 spiro atoms. The molecule has 11 heteroatoms. The molecule has 1 heterocycles. The number of nitrogens with zero attached hydrogens (tertiary/aromatic N) is 1. The van der Waals surface area contributed by atoms with Crippen LogP contribution in [0.25, 0.3) is 0 Å². The van der Waals surface area contributed by atoms with Gasteiger partial charge in [0.05, 0.1) is 27.7 Å². The van der Waals surface area contributed by atoms with Crippen molar-refractivity contribution in [3.05, 3.63) is 99.5 Å². The maximum absolute atomic E-state index is 13.8. The van der Waals surface area contributed by atoms with Gasteiger partial charge in [-0.05, 0) is 56.0 Å². The molecule has 4 amide bonds. The molecular weight excluding hydrogens is 595 g/mol. The summed E-state index contributed by atoms with van der Waals surface area (Å²) in [5.74, 6) is -0.751. The van der Waals surface area contributed by atoms with Gasteiger partial charge in [0.25, 0.3) is 5.91 Å². The lowest BCUT2D eigenvalue weighted by Crippen LogP contribution is -2.59. The fourth-order valence-electron chi connectivity index (χ4n) is 4.89. The number of rotatable bonds is 9. The van der Waals surface area contributed by atoms with Crippen LogP contribution in [0.3, 0.4) is 0 Å². The molecule has 0 bridgehead atoms. The van der Waals surface area contributed by atoms with E-state index in [0.717, 1.165) is 16.7 Å². The number of hydrogen-bond donors (Lipinski definition) is 4. The Hall–Kier alpha value is -3.24. The third-order valence-corrected chi connectivity index (χ3v) is 9.25. The molecule has 1 saturated heterocycles. The molecule has 0 unspecified atom stereocenters. The molecule has 3 atom stereocenters. The lowest BCUT2D eigenvalue weighted by molar-refractivity contribution is -0.147. The molecule has 0 aromatic heterocycles. The zero-order valence-corrected chi connectivity index (χ0v) is 25.9. The lowest BCUT2D eigenvalue weighted by atomic mass is 9.97. The Bertz CT molecular complexity index is 1420. The SMILES string of the molecule is Cc1ccccc1CNC(=O)[C@H]1N(C(=O)[C@@H](O)[C@H](Cc2ccccc2)NC(=O)Nc2c(Cl)cccc2Cl)CSC1(C)C. The van der Waals surface area contributed by atoms with Gasteiger partial charge < -0.3 is 26.0 Å². The van der Waals surface area contributed by atoms with E-state index >= 15 is 0 Å². The van der Waals surface area contributed by atoms with Crippen LogP contribution >= 0.6 is 35.0 Å². The second-order valence-electron chi connectivity index (χ2n) is 10.7. The summed E-state index contributed by atoms with van der Waals surface area (Å²) in [5.41, 5.74) is 3.03. The first kappa shape index (κ1) is 31.7. The fraction of sp³-hybridized carbons (Fsp3) is 0.323. The van der Waals surface area contributed by atoms with Gasteiger partial charge in [-0.15, -0.1) is 11.8 Å². The van der Waals surface area contributed by atoms with Crippen LogP contribution in [0, 0.1) is 6.92 Å². The quantitative estimate of drug-likeness (QED) is 0.254. The van der Waals surface area contributed by atoms with Gasteiger partial charge in [-0.3, -0.25) is 9.59 Å². The van der Waals surface area contributed by atoms with Crippen molar-refractivity contribution >= 4 is 58.5 Å². The molecule has 1 aliphatic rings. The second-order valence-corrected chi connectivity index (χ2v) is 13.1. The minimum Gasteiger partial charge on any atom is -0.381 e. The Labute approximate surface area is 260 Å². The monoisotopic (exact) mass is 628 g/mol. The maximum Gasteiger partial charge on any atom is 0.319 e. The Kier molecular flexibility index (Phi) is 10.4. The van der Waals surface area contributed by atoms with Gasteiger partial charge >= 0.3 is 6.03 Å². The summed E-state index contributed by atoms with van der Waals surface area (Å²) in [7, 11) is 0. The Morgan fingerprint density at radius 2 is 1.64 bits per heavy atom. The highest BCUT2D eigenvalue weighted by molar-refractivity contribution is 8.00. The van der Waals surface area contributed by atoms with Gasteiger partial charge in [0.2, 0.25) is 5.91 Å². The van der Waals surface area contributed by atoms with E-state index in [0.29, 0.717) is 6.54 Å². The molecule has 3 aromatic carbocycles. The highest BCUT2D eigenvalue weighted by Crippen LogP contribution is 2.40. The third-order valence-electron chi connectivity index (χ3n) is 7.24. The highest BCUT2D eigenvalue weighted by Gasteiger charge is 2.49. The zero-order valence-electron chi connectivity index (χ0n) is 23.6. The summed E-state index contributed by atoms with van der Waals surface area (Å²) < 4.78 is -0.605. The van der Waals surface area contributed by atoms with Crippen LogP contribution in [0.4, 0.5) is 10.5 Å². The summed E-state index contributed by atoms with van der Waals surface area (Å²) in [4.78, 5) is 41.7. The summed E-state index contributed by atoms with van der Waals surface area (Å²) in [5, 5.41) is 20.2. The summed E-state index contributed by atoms with van der Waals surface area (Å²) in [6.45, 7) is 6.08. The number of carbonyl (C=O) groups excluding carboxylic acids is 3. The molecule has 42 heavy (non-hydrogen) atoms. The second kappa shape index (κ2) is 13.8. The highest BCUT2D eigenvalue weighted by atomic mass is 35.5. The van der Waals surface area contributed by atoms with Gasteiger partial charge in [0.15, 0.2) is 6.10 Å². The van der Waals surface area contributed by atoms with Crippen LogP contribution in [-0.4, -0.2) is 56.7 Å². The Balaban J connectivity index is 1.53. The molecule has 3 aromatic rings.